The Morgan fingerprint density at radius 2 is 1.04 bits per heavy atom. The van der Waals surface area contributed by atoms with Crippen molar-refractivity contribution < 1.29 is 0 Å². The van der Waals surface area contributed by atoms with Crippen LogP contribution < -0.4 is 0 Å². The normalized spacial score (nSPS) is 17.6. The Labute approximate surface area is 329 Å². The molecule has 272 valence electrons. The number of para-hydroxylation sites is 2. The van der Waals surface area contributed by atoms with Gasteiger partial charge in [0.2, 0.25) is 0 Å². The molecule has 0 radical (unpaired) electrons. The fourth-order valence-electron chi connectivity index (χ4n) is 10.1. The van der Waals surface area contributed by atoms with Crippen LogP contribution in [0.15, 0.2) is 169 Å². The second kappa shape index (κ2) is 13.9. The molecule has 3 aliphatic rings. The summed E-state index contributed by atoms with van der Waals surface area (Å²) in [6.07, 6.45) is 20.6. The molecule has 56 heavy (non-hydrogen) atoms. The first-order valence-electron chi connectivity index (χ1n) is 20.8. The maximum absolute atomic E-state index is 2.60. The van der Waals surface area contributed by atoms with E-state index in [4.69, 9.17) is 0 Å². The van der Waals surface area contributed by atoms with E-state index in [-0.39, 0.29) is 0 Å². The molecule has 0 amide bonds. The first kappa shape index (κ1) is 33.2. The lowest BCUT2D eigenvalue weighted by molar-refractivity contribution is 0.509. The standard InChI is InChI=1S/C54H46N2/c1-3-13-37(14-4-1)40-17-11-18-41(33-40)39-25-29-45(30-26-39)55-51-23-9-7-21-47(51)49-31-27-43(35-53(49)55)44-28-32-50-48-22-8-10-24-52(48)56(54(50)36-44)46-20-12-19-42(34-46)38-15-5-2-6-16-38/h1,3-4,7-11,13-15,17-18,20-25,27-29,31-33,35-36,42H,2,5-6,12,16,19,26,30,34H2. The molecule has 8 aromatic rings. The minimum atomic E-state index is 0.665. The highest BCUT2D eigenvalue weighted by Gasteiger charge is 2.24. The molecule has 0 spiro atoms. The van der Waals surface area contributed by atoms with Gasteiger partial charge in [0, 0.05) is 32.9 Å². The second-order valence-electron chi connectivity index (χ2n) is 16.2. The molecule has 6 aromatic carbocycles. The molecule has 0 aliphatic heterocycles. The topological polar surface area (TPSA) is 9.86 Å². The summed E-state index contributed by atoms with van der Waals surface area (Å²) in [5.74, 6) is 0.665. The molecule has 2 heteroatoms. The zero-order chi connectivity index (χ0) is 37.0. The van der Waals surface area contributed by atoms with Crippen LogP contribution in [0.2, 0.25) is 0 Å². The second-order valence-corrected chi connectivity index (χ2v) is 16.2. The predicted molar refractivity (Wildman–Crippen MR) is 239 cm³/mol. The van der Waals surface area contributed by atoms with E-state index in [2.05, 4.69) is 173 Å². The van der Waals surface area contributed by atoms with Gasteiger partial charge in [-0.25, -0.2) is 0 Å². The third-order valence-corrected chi connectivity index (χ3v) is 12.9. The summed E-state index contributed by atoms with van der Waals surface area (Å²) in [6, 6.07) is 52.0. The van der Waals surface area contributed by atoms with Gasteiger partial charge in [0.05, 0.1) is 22.1 Å². The Bertz CT molecular complexity index is 2940. The molecule has 2 nitrogen and oxygen atoms in total. The van der Waals surface area contributed by atoms with E-state index in [0.29, 0.717) is 5.92 Å². The lowest BCUT2D eigenvalue weighted by Crippen LogP contribution is -2.14. The molecule has 1 unspecified atom stereocenters. The fourth-order valence-corrected chi connectivity index (χ4v) is 10.1. The molecule has 2 aromatic heterocycles. The number of nitrogens with zero attached hydrogens (tertiary/aromatic N) is 2. The van der Waals surface area contributed by atoms with Gasteiger partial charge in [0.1, 0.15) is 0 Å². The van der Waals surface area contributed by atoms with Crippen LogP contribution >= 0.6 is 0 Å². The van der Waals surface area contributed by atoms with Crippen molar-refractivity contribution in [2.75, 3.05) is 0 Å². The lowest BCUT2D eigenvalue weighted by Gasteiger charge is -2.28. The van der Waals surface area contributed by atoms with Crippen LogP contribution in [0, 0.1) is 5.92 Å². The summed E-state index contributed by atoms with van der Waals surface area (Å²) < 4.78 is 5.13. The van der Waals surface area contributed by atoms with Crippen molar-refractivity contribution in [3.05, 3.63) is 175 Å². The summed E-state index contributed by atoms with van der Waals surface area (Å²) in [6.45, 7) is 0. The third-order valence-electron chi connectivity index (χ3n) is 12.9. The van der Waals surface area contributed by atoms with Crippen LogP contribution in [0.3, 0.4) is 0 Å². The molecular formula is C54H46N2. The number of allylic oxidation sites excluding steroid dienone is 8. The summed E-state index contributed by atoms with van der Waals surface area (Å²) in [5, 5.41) is 5.29. The number of hydrogen-bond acceptors (Lipinski definition) is 0. The minimum Gasteiger partial charge on any atom is -0.313 e. The number of hydrogen-bond donors (Lipinski definition) is 0. The first-order valence-corrected chi connectivity index (χ1v) is 20.8. The Balaban J connectivity index is 1.00. The predicted octanol–water partition coefficient (Wildman–Crippen LogP) is 15.1. The van der Waals surface area contributed by atoms with E-state index in [1.54, 1.807) is 5.57 Å². The van der Waals surface area contributed by atoms with Gasteiger partial charge < -0.3 is 9.13 Å². The van der Waals surface area contributed by atoms with Crippen molar-refractivity contribution >= 4 is 60.6 Å². The smallest absolute Gasteiger partial charge is 0.0544 e. The van der Waals surface area contributed by atoms with Crippen molar-refractivity contribution in [2.45, 2.75) is 57.8 Å². The van der Waals surface area contributed by atoms with Crippen LogP contribution in [-0.4, -0.2) is 9.13 Å². The number of rotatable bonds is 6. The largest absolute Gasteiger partial charge is 0.313 e. The number of fused-ring (bicyclic) bond motifs is 6. The molecule has 0 fully saturated rings. The van der Waals surface area contributed by atoms with E-state index in [9.17, 15) is 0 Å². The van der Waals surface area contributed by atoms with Crippen LogP contribution in [0.4, 0.5) is 0 Å². The van der Waals surface area contributed by atoms with Gasteiger partial charge >= 0.3 is 0 Å². The molecule has 1 atom stereocenters. The highest BCUT2D eigenvalue weighted by Crippen LogP contribution is 2.43. The molecule has 0 saturated heterocycles. The molecule has 2 heterocycles. The maximum Gasteiger partial charge on any atom is 0.0544 e. The van der Waals surface area contributed by atoms with E-state index in [1.807, 2.05) is 0 Å². The van der Waals surface area contributed by atoms with Gasteiger partial charge in [-0.15, -0.1) is 0 Å². The highest BCUT2D eigenvalue weighted by atomic mass is 15.0. The van der Waals surface area contributed by atoms with Crippen LogP contribution in [0.5, 0.6) is 0 Å². The van der Waals surface area contributed by atoms with Crippen LogP contribution in [0.1, 0.15) is 63.4 Å². The minimum absolute atomic E-state index is 0.665. The summed E-state index contributed by atoms with van der Waals surface area (Å²) in [4.78, 5) is 0. The van der Waals surface area contributed by atoms with Crippen LogP contribution in [-0.2, 0) is 0 Å². The number of benzene rings is 6. The van der Waals surface area contributed by atoms with Gasteiger partial charge in [-0.2, -0.15) is 0 Å². The Morgan fingerprint density at radius 3 is 1.71 bits per heavy atom. The zero-order valence-electron chi connectivity index (χ0n) is 31.9. The van der Waals surface area contributed by atoms with Gasteiger partial charge in [0.25, 0.3) is 0 Å². The zero-order valence-corrected chi connectivity index (χ0v) is 31.9. The molecule has 3 aliphatic carbocycles. The Kier molecular flexibility index (Phi) is 8.23. The third kappa shape index (κ3) is 5.70. The average molecular weight is 723 g/mol. The van der Waals surface area contributed by atoms with E-state index < -0.39 is 0 Å². The maximum atomic E-state index is 2.60. The van der Waals surface area contributed by atoms with Crippen LogP contribution in [0.25, 0.3) is 82.8 Å². The van der Waals surface area contributed by atoms with E-state index >= 15 is 0 Å². The number of aromatic nitrogens is 2. The summed E-state index contributed by atoms with van der Waals surface area (Å²) in [5.41, 5.74) is 17.5. The summed E-state index contributed by atoms with van der Waals surface area (Å²) in [7, 11) is 0. The molecule has 0 bridgehead atoms. The summed E-state index contributed by atoms with van der Waals surface area (Å²) >= 11 is 0. The first-order chi connectivity index (χ1) is 27.8. The fraction of sp³-hybridized carbons (Fsp3) is 0.185. The SMILES string of the molecule is C1=C(c2cccc(-c3ccccc3)c2)CCC(n2c3ccccc3c3ccc(-c4ccc5c6ccccc6n(C6=CCCC(C7=CCCCC7)C6)c5c4)cc32)=C1. The van der Waals surface area contributed by atoms with E-state index in [1.165, 1.54) is 121 Å². The molecular weight excluding hydrogens is 677 g/mol. The van der Waals surface area contributed by atoms with Crippen molar-refractivity contribution in [1.82, 2.24) is 9.13 Å². The molecule has 0 N–H and O–H groups in total. The van der Waals surface area contributed by atoms with Gasteiger partial charge in [-0.1, -0.05) is 133 Å². The highest BCUT2D eigenvalue weighted by molar-refractivity contribution is 6.13. The lowest BCUT2D eigenvalue weighted by atomic mass is 9.81. The van der Waals surface area contributed by atoms with Crippen molar-refractivity contribution in [3.8, 4) is 22.3 Å². The molecule has 11 rings (SSSR count). The van der Waals surface area contributed by atoms with Gasteiger partial charge in [0.15, 0.2) is 0 Å². The quantitative estimate of drug-likeness (QED) is 0.151. The van der Waals surface area contributed by atoms with E-state index in [0.717, 1.165) is 25.7 Å². The monoisotopic (exact) mass is 722 g/mol. The van der Waals surface area contributed by atoms with Crippen molar-refractivity contribution in [1.29, 1.82) is 0 Å². The molecule has 0 saturated carbocycles. The Morgan fingerprint density at radius 1 is 0.411 bits per heavy atom. The average Bonchev–Trinajstić information content (AvgIpc) is 3.79. The van der Waals surface area contributed by atoms with Crippen molar-refractivity contribution in [2.24, 2.45) is 5.92 Å². The van der Waals surface area contributed by atoms with Gasteiger partial charge in [-0.3, -0.25) is 0 Å². The Hall–Kier alpha value is -6.12. The van der Waals surface area contributed by atoms with Crippen molar-refractivity contribution in [3.63, 3.8) is 0 Å². The van der Waals surface area contributed by atoms with Gasteiger partial charge in [-0.05, 0) is 134 Å².